The van der Waals surface area contributed by atoms with E-state index < -0.39 is 0 Å². The van der Waals surface area contributed by atoms with Crippen molar-refractivity contribution in [3.63, 3.8) is 0 Å². The van der Waals surface area contributed by atoms with Crippen LogP contribution in [0, 0.1) is 0 Å². The summed E-state index contributed by atoms with van der Waals surface area (Å²) in [5, 5.41) is 5.44. The van der Waals surface area contributed by atoms with Gasteiger partial charge < -0.3 is 10.6 Å². The third-order valence-electron chi connectivity index (χ3n) is 3.95. The second-order valence-electron chi connectivity index (χ2n) is 6.26. The Kier molecular flexibility index (Phi) is 7.62. The zero-order chi connectivity index (χ0) is 18.8. The zero-order valence-electron chi connectivity index (χ0n) is 15.4. The number of benzene rings is 2. The van der Waals surface area contributed by atoms with Crippen LogP contribution in [-0.4, -0.2) is 11.8 Å². The van der Waals surface area contributed by atoms with Gasteiger partial charge in [0.2, 0.25) is 5.91 Å². The van der Waals surface area contributed by atoms with E-state index in [1.165, 1.54) is 31.7 Å². The van der Waals surface area contributed by atoms with Gasteiger partial charge in [-0.15, -0.1) is 0 Å². The fourth-order valence-electron chi connectivity index (χ4n) is 2.60. The first-order chi connectivity index (χ1) is 12.6. The quantitative estimate of drug-likeness (QED) is 0.543. The summed E-state index contributed by atoms with van der Waals surface area (Å²) in [6.07, 6.45) is 6.31. The van der Waals surface area contributed by atoms with E-state index >= 15 is 0 Å². The maximum Gasteiger partial charge on any atom is 0.272 e. The van der Waals surface area contributed by atoms with E-state index in [2.05, 4.69) is 17.6 Å². The first kappa shape index (κ1) is 19.4. The Morgan fingerprint density at radius 3 is 2.27 bits per heavy atom. The highest BCUT2D eigenvalue weighted by molar-refractivity contribution is 6.08. The van der Waals surface area contributed by atoms with Gasteiger partial charge in [-0.3, -0.25) is 9.59 Å². The summed E-state index contributed by atoms with van der Waals surface area (Å²) in [6, 6.07) is 17.3. The van der Waals surface area contributed by atoms with Crippen LogP contribution in [0.15, 0.2) is 60.3 Å². The Labute approximate surface area is 155 Å². The molecule has 26 heavy (non-hydrogen) atoms. The molecule has 2 aromatic carbocycles. The average molecular weight is 350 g/mol. The largest absolute Gasteiger partial charge is 0.322 e. The Morgan fingerprint density at radius 1 is 0.962 bits per heavy atom. The summed E-state index contributed by atoms with van der Waals surface area (Å²) in [6.45, 7) is 3.57. The number of nitrogens with one attached hydrogen (secondary N) is 2. The number of amides is 2. The number of hydrogen-bond donors (Lipinski definition) is 2. The Morgan fingerprint density at radius 2 is 1.65 bits per heavy atom. The van der Waals surface area contributed by atoms with Crippen molar-refractivity contribution in [2.75, 3.05) is 5.32 Å². The summed E-state index contributed by atoms with van der Waals surface area (Å²) >= 11 is 0. The Bertz CT molecular complexity index is 749. The van der Waals surface area contributed by atoms with E-state index in [-0.39, 0.29) is 17.5 Å². The third kappa shape index (κ3) is 6.55. The molecule has 2 aromatic rings. The predicted octanol–water partition coefficient (Wildman–Crippen LogP) is 4.54. The molecule has 0 atom stereocenters. The van der Waals surface area contributed by atoms with Crippen LogP contribution >= 0.6 is 0 Å². The van der Waals surface area contributed by atoms with Gasteiger partial charge in [-0.1, -0.05) is 62.2 Å². The molecular formula is C22H26N2O2. The molecule has 0 aromatic heterocycles. The second kappa shape index (κ2) is 10.2. The number of hydrogen-bond acceptors (Lipinski definition) is 2. The zero-order valence-corrected chi connectivity index (χ0v) is 15.4. The first-order valence-corrected chi connectivity index (χ1v) is 9.03. The SMILES string of the molecule is CCCCCc1ccc(NC(=O)/C(=C/c2ccccc2)NC(C)=O)cc1. The standard InChI is InChI=1S/C22H26N2O2/c1-3-4-6-9-18-12-14-20(15-13-18)24-22(26)21(23-17(2)25)16-19-10-7-5-8-11-19/h5,7-8,10-16H,3-4,6,9H2,1-2H3,(H,23,25)(H,24,26)/b21-16-. The van der Waals surface area contributed by atoms with Crippen LogP contribution in [-0.2, 0) is 16.0 Å². The molecule has 0 unspecified atom stereocenters. The average Bonchev–Trinajstić information content (AvgIpc) is 2.63. The van der Waals surface area contributed by atoms with Crippen LogP contribution in [0.2, 0.25) is 0 Å². The van der Waals surface area contributed by atoms with Gasteiger partial charge in [0.1, 0.15) is 5.70 Å². The van der Waals surface area contributed by atoms with Crippen LogP contribution in [0.1, 0.15) is 44.2 Å². The highest BCUT2D eigenvalue weighted by atomic mass is 16.2. The van der Waals surface area contributed by atoms with Crippen molar-refractivity contribution >= 4 is 23.6 Å². The van der Waals surface area contributed by atoms with Gasteiger partial charge in [-0.05, 0) is 42.2 Å². The van der Waals surface area contributed by atoms with E-state index in [1.54, 1.807) is 6.08 Å². The van der Waals surface area contributed by atoms with E-state index in [4.69, 9.17) is 0 Å². The summed E-state index contributed by atoms with van der Waals surface area (Å²) in [7, 11) is 0. The van der Waals surface area contributed by atoms with E-state index in [0.717, 1.165) is 12.0 Å². The van der Waals surface area contributed by atoms with Gasteiger partial charge in [0.25, 0.3) is 5.91 Å². The number of carbonyl (C=O) groups is 2. The number of anilines is 1. The molecule has 2 amide bonds. The normalized spacial score (nSPS) is 11.1. The molecule has 4 heteroatoms. The lowest BCUT2D eigenvalue weighted by Gasteiger charge is -2.10. The molecule has 136 valence electrons. The first-order valence-electron chi connectivity index (χ1n) is 9.03. The minimum atomic E-state index is -0.345. The molecule has 0 aliphatic carbocycles. The topological polar surface area (TPSA) is 58.2 Å². The van der Waals surface area contributed by atoms with Crippen molar-refractivity contribution in [1.29, 1.82) is 0 Å². The monoisotopic (exact) mass is 350 g/mol. The van der Waals surface area contributed by atoms with Crippen molar-refractivity contribution in [2.24, 2.45) is 0 Å². The Balaban J connectivity index is 2.06. The van der Waals surface area contributed by atoms with Crippen LogP contribution in [0.3, 0.4) is 0 Å². The third-order valence-corrected chi connectivity index (χ3v) is 3.95. The van der Waals surface area contributed by atoms with Gasteiger partial charge in [0.05, 0.1) is 0 Å². The molecule has 0 aliphatic rings. The van der Waals surface area contributed by atoms with Crippen molar-refractivity contribution in [2.45, 2.75) is 39.5 Å². The van der Waals surface area contributed by atoms with Gasteiger partial charge >= 0.3 is 0 Å². The lowest BCUT2D eigenvalue weighted by atomic mass is 10.1. The molecule has 0 saturated heterocycles. The molecule has 0 fully saturated rings. The van der Waals surface area contributed by atoms with Crippen LogP contribution in [0.25, 0.3) is 6.08 Å². The van der Waals surface area contributed by atoms with E-state index in [0.29, 0.717) is 5.69 Å². The fraction of sp³-hybridized carbons (Fsp3) is 0.273. The number of unbranched alkanes of at least 4 members (excludes halogenated alkanes) is 2. The van der Waals surface area contributed by atoms with Crippen LogP contribution in [0.4, 0.5) is 5.69 Å². The highest BCUT2D eigenvalue weighted by Gasteiger charge is 2.11. The van der Waals surface area contributed by atoms with E-state index in [9.17, 15) is 9.59 Å². The number of aryl methyl sites for hydroxylation is 1. The minimum Gasteiger partial charge on any atom is -0.322 e. The summed E-state index contributed by atoms with van der Waals surface area (Å²) in [4.78, 5) is 24.0. The smallest absolute Gasteiger partial charge is 0.272 e. The lowest BCUT2D eigenvalue weighted by Crippen LogP contribution is -2.28. The van der Waals surface area contributed by atoms with E-state index in [1.807, 2.05) is 54.6 Å². The fourth-order valence-corrected chi connectivity index (χ4v) is 2.60. The summed E-state index contributed by atoms with van der Waals surface area (Å²) < 4.78 is 0. The Hall–Kier alpha value is -2.88. The van der Waals surface area contributed by atoms with Gasteiger partial charge in [-0.2, -0.15) is 0 Å². The molecular weight excluding hydrogens is 324 g/mol. The molecule has 0 saturated carbocycles. The van der Waals surface area contributed by atoms with Crippen molar-refractivity contribution in [3.05, 3.63) is 71.4 Å². The molecule has 4 nitrogen and oxygen atoms in total. The maximum absolute atomic E-state index is 12.6. The van der Waals surface area contributed by atoms with Crippen LogP contribution < -0.4 is 10.6 Å². The van der Waals surface area contributed by atoms with Gasteiger partial charge in [0, 0.05) is 12.6 Å². The number of carbonyl (C=O) groups excluding carboxylic acids is 2. The molecule has 0 spiro atoms. The summed E-state index contributed by atoms with van der Waals surface area (Å²) in [5.41, 5.74) is 3.03. The summed E-state index contributed by atoms with van der Waals surface area (Å²) in [5.74, 6) is -0.628. The minimum absolute atomic E-state index is 0.218. The molecule has 0 aliphatic heterocycles. The van der Waals surface area contributed by atoms with Gasteiger partial charge in [0.15, 0.2) is 0 Å². The van der Waals surface area contributed by atoms with Crippen molar-refractivity contribution in [1.82, 2.24) is 5.32 Å². The van der Waals surface area contributed by atoms with Gasteiger partial charge in [-0.25, -0.2) is 0 Å². The predicted molar refractivity (Wildman–Crippen MR) is 107 cm³/mol. The number of rotatable bonds is 8. The van der Waals surface area contributed by atoms with Crippen molar-refractivity contribution < 1.29 is 9.59 Å². The second-order valence-corrected chi connectivity index (χ2v) is 6.26. The molecule has 2 rings (SSSR count). The van der Waals surface area contributed by atoms with Crippen LogP contribution in [0.5, 0.6) is 0 Å². The molecule has 0 radical (unpaired) electrons. The molecule has 2 N–H and O–H groups in total. The molecule has 0 heterocycles. The lowest BCUT2D eigenvalue weighted by molar-refractivity contribution is -0.120. The highest BCUT2D eigenvalue weighted by Crippen LogP contribution is 2.14. The molecule has 0 bridgehead atoms. The van der Waals surface area contributed by atoms with Crippen molar-refractivity contribution in [3.8, 4) is 0 Å². The maximum atomic E-state index is 12.6.